The fraction of sp³-hybridized carbons (Fsp3) is 0.400. The summed E-state index contributed by atoms with van der Waals surface area (Å²) >= 11 is 4.53. The quantitative estimate of drug-likeness (QED) is 0.741. The molecule has 2 amide bonds. The predicted molar refractivity (Wildman–Crippen MR) is 91.1 cm³/mol. The van der Waals surface area contributed by atoms with Crippen LogP contribution in [-0.2, 0) is 14.3 Å². The lowest BCUT2D eigenvalue weighted by Gasteiger charge is -2.16. The molecule has 1 aromatic carbocycles. The van der Waals surface area contributed by atoms with Crippen LogP contribution < -0.4 is 5.32 Å². The van der Waals surface area contributed by atoms with Crippen LogP contribution in [0.3, 0.4) is 0 Å². The third-order valence-electron chi connectivity index (χ3n) is 3.28. The number of carbonyl (C=O) groups excluding carboxylic acids is 3. The largest absolute Gasteiger partial charge is 0.454 e. The Bertz CT molecular complexity index is 594. The van der Waals surface area contributed by atoms with Crippen LogP contribution in [0.25, 0.3) is 0 Å². The van der Waals surface area contributed by atoms with Crippen LogP contribution >= 0.6 is 27.7 Å². The lowest BCUT2D eigenvalue weighted by molar-refractivity contribution is -0.149. The summed E-state index contributed by atoms with van der Waals surface area (Å²) in [4.78, 5) is 36.2. The van der Waals surface area contributed by atoms with Crippen molar-refractivity contribution < 1.29 is 19.1 Å². The minimum Gasteiger partial charge on any atom is -0.454 e. The summed E-state index contributed by atoms with van der Waals surface area (Å²) in [5.74, 6) is -0.278. The van der Waals surface area contributed by atoms with Crippen LogP contribution in [0.1, 0.15) is 18.5 Å². The molecule has 23 heavy (non-hydrogen) atoms. The molecule has 0 unspecified atom stereocenters. The van der Waals surface area contributed by atoms with Crippen molar-refractivity contribution in [2.75, 3.05) is 25.4 Å². The molecule has 0 saturated carbocycles. The zero-order valence-corrected chi connectivity index (χ0v) is 15.0. The van der Waals surface area contributed by atoms with Gasteiger partial charge in [-0.05, 0) is 24.6 Å². The number of ether oxygens (including phenoxy) is 1. The molecule has 0 aromatic heterocycles. The summed E-state index contributed by atoms with van der Waals surface area (Å²) in [6.45, 7) is 1.92. The lowest BCUT2D eigenvalue weighted by atomic mass is 10.1. The van der Waals surface area contributed by atoms with Crippen LogP contribution in [0.15, 0.2) is 28.7 Å². The Morgan fingerprint density at radius 3 is 2.70 bits per heavy atom. The number of hydrogen-bond acceptors (Lipinski definition) is 5. The lowest BCUT2D eigenvalue weighted by Crippen LogP contribution is -2.35. The zero-order valence-electron chi connectivity index (χ0n) is 12.6. The Hall–Kier alpha value is -1.54. The van der Waals surface area contributed by atoms with Crippen molar-refractivity contribution in [1.29, 1.82) is 0 Å². The first-order chi connectivity index (χ1) is 11.0. The van der Waals surface area contributed by atoms with Crippen molar-refractivity contribution in [2.24, 2.45) is 0 Å². The van der Waals surface area contributed by atoms with Gasteiger partial charge in [-0.25, -0.2) is 0 Å². The van der Waals surface area contributed by atoms with Gasteiger partial charge in [-0.2, -0.15) is 0 Å². The van der Waals surface area contributed by atoms with Crippen molar-refractivity contribution in [1.82, 2.24) is 10.2 Å². The monoisotopic (exact) mass is 400 g/mol. The highest BCUT2D eigenvalue weighted by molar-refractivity contribution is 9.10. The van der Waals surface area contributed by atoms with Crippen molar-refractivity contribution in [3.05, 3.63) is 34.3 Å². The van der Waals surface area contributed by atoms with E-state index in [0.717, 1.165) is 10.0 Å². The molecule has 0 spiro atoms. The molecule has 0 bridgehead atoms. The SMILES string of the molecule is C[C@H](NC(=O)COC(=O)CN1CCSC1=O)c1ccc(Br)cc1. The van der Waals surface area contributed by atoms with Gasteiger partial charge in [-0.1, -0.05) is 39.8 Å². The highest BCUT2D eigenvalue weighted by atomic mass is 79.9. The number of hydrogen-bond donors (Lipinski definition) is 1. The molecule has 1 fully saturated rings. The fourth-order valence-corrected chi connectivity index (χ4v) is 3.12. The summed E-state index contributed by atoms with van der Waals surface area (Å²) in [7, 11) is 0. The van der Waals surface area contributed by atoms with E-state index in [0.29, 0.717) is 12.3 Å². The number of carbonyl (C=O) groups is 3. The maximum atomic E-state index is 11.8. The third kappa shape index (κ3) is 5.54. The minimum absolute atomic E-state index is 0.110. The molecule has 0 aliphatic carbocycles. The van der Waals surface area contributed by atoms with E-state index in [2.05, 4.69) is 21.2 Å². The summed E-state index contributed by atoms with van der Waals surface area (Å²) in [6, 6.07) is 7.40. The van der Waals surface area contributed by atoms with Crippen LogP contribution in [-0.4, -0.2) is 47.5 Å². The molecule has 2 rings (SSSR count). The van der Waals surface area contributed by atoms with Gasteiger partial charge in [-0.15, -0.1) is 0 Å². The molecule has 1 atom stereocenters. The first kappa shape index (κ1) is 17.8. The molecule has 1 saturated heterocycles. The smallest absolute Gasteiger partial charge is 0.326 e. The number of esters is 1. The van der Waals surface area contributed by atoms with E-state index < -0.39 is 5.97 Å². The number of rotatable bonds is 6. The van der Waals surface area contributed by atoms with Crippen LogP contribution in [0, 0.1) is 0 Å². The maximum Gasteiger partial charge on any atom is 0.326 e. The summed E-state index contributed by atoms with van der Waals surface area (Å²) in [5, 5.41) is 2.63. The van der Waals surface area contributed by atoms with Gasteiger partial charge < -0.3 is 15.0 Å². The Kier molecular flexibility index (Phi) is 6.47. The Morgan fingerprint density at radius 1 is 1.39 bits per heavy atom. The molecule has 8 heteroatoms. The fourth-order valence-electron chi connectivity index (χ4n) is 2.03. The second kappa shape index (κ2) is 8.35. The van der Waals surface area contributed by atoms with E-state index in [1.807, 2.05) is 31.2 Å². The molecule has 6 nitrogen and oxygen atoms in total. The van der Waals surface area contributed by atoms with E-state index >= 15 is 0 Å². The van der Waals surface area contributed by atoms with E-state index in [1.54, 1.807) is 0 Å². The summed E-state index contributed by atoms with van der Waals surface area (Å²) in [6.07, 6.45) is 0. The summed E-state index contributed by atoms with van der Waals surface area (Å²) in [5.41, 5.74) is 0.951. The number of amides is 2. The molecule has 1 aromatic rings. The first-order valence-corrected chi connectivity index (χ1v) is 8.85. The Morgan fingerprint density at radius 2 is 2.09 bits per heavy atom. The van der Waals surface area contributed by atoms with Crippen LogP contribution in [0.5, 0.6) is 0 Å². The number of nitrogens with one attached hydrogen (secondary N) is 1. The number of halogens is 1. The van der Waals surface area contributed by atoms with Crippen molar-refractivity contribution in [2.45, 2.75) is 13.0 Å². The van der Waals surface area contributed by atoms with Crippen LogP contribution in [0.2, 0.25) is 0 Å². The van der Waals surface area contributed by atoms with Gasteiger partial charge in [0.1, 0.15) is 6.54 Å². The maximum absolute atomic E-state index is 11.8. The van der Waals surface area contributed by atoms with Gasteiger partial charge in [0.25, 0.3) is 11.1 Å². The van der Waals surface area contributed by atoms with Gasteiger partial charge >= 0.3 is 5.97 Å². The first-order valence-electron chi connectivity index (χ1n) is 7.08. The number of benzene rings is 1. The molecule has 124 valence electrons. The van der Waals surface area contributed by atoms with Gasteiger partial charge in [0.15, 0.2) is 6.61 Å². The number of nitrogens with zero attached hydrogens (tertiary/aromatic N) is 1. The highest BCUT2D eigenvalue weighted by Crippen LogP contribution is 2.17. The van der Waals surface area contributed by atoms with E-state index in [4.69, 9.17) is 4.74 Å². The zero-order chi connectivity index (χ0) is 16.8. The Balaban J connectivity index is 1.72. The third-order valence-corrected chi connectivity index (χ3v) is 4.70. The Labute approximate surface area is 147 Å². The van der Waals surface area contributed by atoms with Gasteiger partial charge in [0.2, 0.25) is 0 Å². The average Bonchev–Trinajstić information content (AvgIpc) is 2.91. The topological polar surface area (TPSA) is 75.7 Å². The van der Waals surface area contributed by atoms with Crippen molar-refractivity contribution in [3.8, 4) is 0 Å². The highest BCUT2D eigenvalue weighted by Gasteiger charge is 2.24. The van der Waals surface area contributed by atoms with Gasteiger partial charge in [0.05, 0.1) is 6.04 Å². The summed E-state index contributed by atoms with van der Waals surface area (Å²) < 4.78 is 5.87. The van der Waals surface area contributed by atoms with E-state index in [-0.39, 0.29) is 30.3 Å². The standard InChI is InChI=1S/C15H17BrN2O4S/c1-10(11-2-4-12(16)5-3-11)17-13(19)9-22-14(20)8-18-6-7-23-15(18)21/h2-5,10H,6-9H2,1H3,(H,17,19)/t10-/m0/s1. The minimum atomic E-state index is -0.577. The van der Waals surface area contributed by atoms with Crippen molar-refractivity contribution >= 4 is 44.8 Å². The number of thioether (sulfide) groups is 1. The van der Waals surface area contributed by atoms with E-state index in [1.165, 1.54) is 16.7 Å². The molecule has 1 aliphatic rings. The average molecular weight is 401 g/mol. The van der Waals surface area contributed by atoms with Crippen molar-refractivity contribution in [3.63, 3.8) is 0 Å². The normalized spacial score (nSPS) is 15.4. The van der Waals surface area contributed by atoms with Crippen LogP contribution in [0.4, 0.5) is 4.79 Å². The predicted octanol–water partition coefficient (Wildman–Crippen LogP) is 2.34. The van der Waals surface area contributed by atoms with Gasteiger partial charge in [0, 0.05) is 16.8 Å². The van der Waals surface area contributed by atoms with Gasteiger partial charge in [-0.3, -0.25) is 14.4 Å². The molecule has 1 N–H and O–H groups in total. The second-order valence-corrected chi connectivity index (χ2v) is 7.00. The second-order valence-electron chi connectivity index (χ2n) is 5.04. The molecule has 1 heterocycles. The molecular weight excluding hydrogens is 384 g/mol. The molecular formula is C15H17BrN2O4S. The van der Waals surface area contributed by atoms with E-state index in [9.17, 15) is 14.4 Å². The molecule has 1 aliphatic heterocycles. The molecule has 0 radical (unpaired) electrons.